The van der Waals surface area contributed by atoms with E-state index in [4.69, 9.17) is 0 Å². The smallest absolute Gasteiger partial charge is 0.254 e. The lowest BCUT2D eigenvalue weighted by Crippen LogP contribution is -2.38. The maximum atomic E-state index is 12.4. The summed E-state index contributed by atoms with van der Waals surface area (Å²) in [6, 6.07) is 3.24. The van der Waals surface area contributed by atoms with Gasteiger partial charge in [-0.15, -0.1) is 0 Å². The van der Waals surface area contributed by atoms with Gasteiger partial charge in [-0.25, -0.2) is 15.0 Å². The molecule has 0 fully saturated rings. The number of carbonyl (C=O) groups is 1. The first-order valence-electron chi connectivity index (χ1n) is 7.67. The largest absolute Gasteiger partial charge is 0.294 e. The molecule has 2 aromatic heterocycles. The van der Waals surface area contributed by atoms with Crippen molar-refractivity contribution in [3.8, 4) is 0 Å². The molecule has 2 aromatic rings. The van der Waals surface area contributed by atoms with Crippen LogP contribution in [-0.2, 0) is 16.8 Å². The van der Waals surface area contributed by atoms with Crippen LogP contribution in [0.4, 0.5) is 5.95 Å². The highest BCUT2D eigenvalue weighted by Crippen LogP contribution is 2.28. The number of fused-ring (bicyclic) bond motifs is 1. The van der Waals surface area contributed by atoms with Crippen molar-refractivity contribution in [3.05, 3.63) is 40.6 Å². The molecule has 126 valence electrons. The lowest BCUT2D eigenvalue weighted by Gasteiger charge is -2.26. The fourth-order valence-electron chi connectivity index (χ4n) is 2.33. The van der Waals surface area contributed by atoms with Crippen molar-refractivity contribution in [2.75, 3.05) is 11.1 Å². The topological polar surface area (TPSA) is 89.8 Å². The average molecular weight is 345 g/mol. The minimum Gasteiger partial charge on any atom is -0.294 e. The monoisotopic (exact) mass is 345 g/mol. The maximum Gasteiger partial charge on any atom is 0.254 e. The average Bonchev–Trinajstić information content (AvgIpc) is 2.54. The molecule has 24 heavy (non-hydrogen) atoms. The van der Waals surface area contributed by atoms with Gasteiger partial charge in [-0.2, -0.15) is 0 Å². The van der Waals surface area contributed by atoms with Crippen LogP contribution in [0.5, 0.6) is 0 Å². The van der Waals surface area contributed by atoms with Crippen LogP contribution in [0.2, 0.25) is 0 Å². The minimum atomic E-state index is -0.328. The summed E-state index contributed by atoms with van der Waals surface area (Å²) in [5.74, 6) is 0.322. The van der Waals surface area contributed by atoms with Crippen molar-refractivity contribution in [1.29, 1.82) is 0 Å². The summed E-state index contributed by atoms with van der Waals surface area (Å²) in [4.78, 5) is 37.3. The Labute approximate surface area is 143 Å². The predicted octanol–water partition coefficient (Wildman–Crippen LogP) is 1.69. The highest BCUT2D eigenvalue weighted by atomic mass is 32.2. The number of carbonyl (C=O) groups excluding carboxylic acids is 1. The van der Waals surface area contributed by atoms with Gasteiger partial charge < -0.3 is 0 Å². The molecule has 1 unspecified atom stereocenters. The van der Waals surface area contributed by atoms with Crippen LogP contribution >= 0.6 is 11.8 Å². The lowest BCUT2D eigenvalue weighted by atomic mass is 9.92. The Kier molecular flexibility index (Phi) is 4.40. The van der Waals surface area contributed by atoms with E-state index in [2.05, 4.69) is 20.3 Å². The van der Waals surface area contributed by atoms with Crippen molar-refractivity contribution in [2.24, 2.45) is 5.92 Å². The number of hydrogen-bond donors (Lipinski definition) is 1. The standard InChI is InChI=1S/C16H19N5O2S/c1-16(2,3)11-7-12(22)21-8-10(9-24-15(21)19-11)13(23)20-14-17-5-4-6-18-14/h4-7,10H,8-9H2,1-3H3,(H,17,18,20,23). The summed E-state index contributed by atoms with van der Waals surface area (Å²) >= 11 is 1.43. The number of nitrogens with zero attached hydrogens (tertiary/aromatic N) is 4. The molecule has 7 nitrogen and oxygen atoms in total. The maximum absolute atomic E-state index is 12.4. The van der Waals surface area contributed by atoms with Gasteiger partial charge in [0.25, 0.3) is 5.56 Å². The molecule has 0 radical (unpaired) electrons. The SMILES string of the molecule is CC(C)(C)c1cc(=O)n2c(n1)SCC(C(=O)Nc1ncccn1)C2. The van der Waals surface area contributed by atoms with Crippen LogP contribution in [0.3, 0.4) is 0 Å². The third kappa shape index (κ3) is 3.48. The first-order chi connectivity index (χ1) is 11.3. The third-order valence-electron chi connectivity index (χ3n) is 3.73. The Morgan fingerprint density at radius 1 is 1.33 bits per heavy atom. The molecule has 0 saturated carbocycles. The zero-order valence-electron chi connectivity index (χ0n) is 13.8. The number of hydrogen-bond acceptors (Lipinski definition) is 6. The predicted molar refractivity (Wildman–Crippen MR) is 92.1 cm³/mol. The van der Waals surface area contributed by atoms with Crippen molar-refractivity contribution in [2.45, 2.75) is 37.9 Å². The van der Waals surface area contributed by atoms with Gasteiger partial charge in [-0.3, -0.25) is 19.5 Å². The highest BCUT2D eigenvalue weighted by molar-refractivity contribution is 7.99. The number of anilines is 1. The van der Waals surface area contributed by atoms with Gasteiger partial charge in [0.2, 0.25) is 11.9 Å². The van der Waals surface area contributed by atoms with Gasteiger partial charge in [0.1, 0.15) is 0 Å². The van der Waals surface area contributed by atoms with Crippen molar-refractivity contribution in [1.82, 2.24) is 19.5 Å². The van der Waals surface area contributed by atoms with E-state index < -0.39 is 0 Å². The van der Waals surface area contributed by atoms with E-state index in [1.165, 1.54) is 11.8 Å². The first kappa shape index (κ1) is 16.6. The number of rotatable bonds is 2. The third-order valence-corrected chi connectivity index (χ3v) is 4.87. The number of amides is 1. The van der Waals surface area contributed by atoms with E-state index >= 15 is 0 Å². The van der Waals surface area contributed by atoms with Gasteiger partial charge >= 0.3 is 0 Å². The molecule has 1 N–H and O–H groups in total. The zero-order chi connectivity index (χ0) is 17.3. The Morgan fingerprint density at radius 3 is 2.71 bits per heavy atom. The van der Waals surface area contributed by atoms with Crippen LogP contribution in [-0.4, -0.2) is 31.2 Å². The summed E-state index contributed by atoms with van der Waals surface area (Å²) in [7, 11) is 0. The van der Waals surface area contributed by atoms with Gasteiger partial charge in [-0.05, 0) is 6.07 Å². The molecule has 0 bridgehead atoms. The Balaban J connectivity index is 1.80. The molecule has 0 aromatic carbocycles. The molecule has 1 amide bonds. The summed E-state index contributed by atoms with van der Waals surface area (Å²) in [5, 5.41) is 3.36. The Bertz CT molecular complexity index is 813. The molecule has 1 aliphatic heterocycles. The number of aromatic nitrogens is 4. The molecule has 0 spiro atoms. The molecule has 0 aliphatic carbocycles. The summed E-state index contributed by atoms with van der Waals surface area (Å²) in [6.07, 6.45) is 3.13. The number of thioether (sulfide) groups is 1. The number of nitrogens with one attached hydrogen (secondary N) is 1. The zero-order valence-corrected chi connectivity index (χ0v) is 14.6. The Hall–Kier alpha value is -2.22. The molecule has 8 heteroatoms. The van der Waals surface area contributed by atoms with E-state index in [1.807, 2.05) is 20.8 Å². The van der Waals surface area contributed by atoms with Gasteiger partial charge in [0, 0.05) is 36.2 Å². The van der Waals surface area contributed by atoms with E-state index in [0.29, 0.717) is 17.5 Å². The van der Waals surface area contributed by atoms with E-state index in [0.717, 1.165) is 5.69 Å². The quantitative estimate of drug-likeness (QED) is 0.833. The molecule has 3 heterocycles. The van der Waals surface area contributed by atoms with Gasteiger partial charge in [0.05, 0.1) is 11.6 Å². The second-order valence-corrected chi connectivity index (χ2v) is 7.68. The van der Waals surface area contributed by atoms with Crippen LogP contribution in [0.1, 0.15) is 26.5 Å². The van der Waals surface area contributed by atoms with E-state index in [1.54, 1.807) is 29.1 Å². The first-order valence-corrected chi connectivity index (χ1v) is 8.66. The fraction of sp³-hybridized carbons (Fsp3) is 0.438. The van der Waals surface area contributed by atoms with Crippen LogP contribution in [0.25, 0.3) is 0 Å². The Morgan fingerprint density at radius 2 is 2.04 bits per heavy atom. The molecule has 3 rings (SSSR count). The van der Waals surface area contributed by atoms with Gasteiger partial charge in [0.15, 0.2) is 5.16 Å². The fourth-order valence-corrected chi connectivity index (χ4v) is 3.42. The summed E-state index contributed by atoms with van der Waals surface area (Å²) in [5.41, 5.74) is 0.464. The molecular formula is C16H19N5O2S. The van der Waals surface area contributed by atoms with E-state index in [9.17, 15) is 9.59 Å². The summed E-state index contributed by atoms with van der Waals surface area (Å²) < 4.78 is 1.57. The second kappa shape index (κ2) is 6.35. The molecule has 0 saturated heterocycles. The van der Waals surface area contributed by atoms with Crippen LogP contribution < -0.4 is 10.9 Å². The molecular weight excluding hydrogens is 326 g/mol. The van der Waals surface area contributed by atoms with Gasteiger partial charge in [-0.1, -0.05) is 32.5 Å². The van der Waals surface area contributed by atoms with Crippen molar-refractivity contribution in [3.63, 3.8) is 0 Å². The van der Waals surface area contributed by atoms with Crippen LogP contribution in [0.15, 0.2) is 34.5 Å². The van der Waals surface area contributed by atoms with Crippen molar-refractivity contribution < 1.29 is 4.79 Å². The minimum absolute atomic E-state index is 0.120. The highest BCUT2D eigenvalue weighted by Gasteiger charge is 2.29. The van der Waals surface area contributed by atoms with Crippen LogP contribution in [0, 0.1) is 5.92 Å². The molecule has 1 atom stereocenters. The van der Waals surface area contributed by atoms with Crippen molar-refractivity contribution >= 4 is 23.6 Å². The lowest BCUT2D eigenvalue weighted by molar-refractivity contribution is -0.119. The summed E-state index contributed by atoms with van der Waals surface area (Å²) in [6.45, 7) is 6.39. The molecule has 1 aliphatic rings. The normalized spacial score (nSPS) is 17.2. The van der Waals surface area contributed by atoms with E-state index in [-0.39, 0.29) is 28.7 Å². The second-order valence-electron chi connectivity index (χ2n) is 6.69.